The summed E-state index contributed by atoms with van der Waals surface area (Å²) in [5.41, 5.74) is 0.668. The average molecular weight is 359 g/mol. The molecule has 1 N–H and O–H groups in total. The number of hydrogen-bond acceptors (Lipinski definition) is 3. The van der Waals surface area contributed by atoms with Gasteiger partial charge in [-0.3, -0.25) is 4.90 Å². The van der Waals surface area contributed by atoms with Crippen LogP contribution in [0.15, 0.2) is 22.7 Å². The Balaban J connectivity index is 2.23. The molecule has 1 heterocycles. The molecule has 1 fully saturated rings. The van der Waals surface area contributed by atoms with E-state index in [4.69, 9.17) is 4.74 Å². The van der Waals surface area contributed by atoms with Crippen molar-refractivity contribution in [2.45, 2.75) is 39.0 Å². The third-order valence-corrected chi connectivity index (χ3v) is 4.44. The fourth-order valence-electron chi connectivity index (χ4n) is 2.78. The van der Waals surface area contributed by atoms with Gasteiger partial charge >= 0.3 is 0 Å². The second-order valence-corrected chi connectivity index (χ2v) is 6.61. The third-order valence-electron chi connectivity index (χ3n) is 3.94. The van der Waals surface area contributed by atoms with Gasteiger partial charge in [0, 0.05) is 29.2 Å². The van der Waals surface area contributed by atoms with E-state index in [-0.39, 0.29) is 18.0 Å². The molecule has 5 heteroatoms. The number of benzene rings is 1. The van der Waals surface area contributed by atoms with Gasteiger partial charge in [-0.05, 0) is 38.6 Å². The summed E-state index contributed by atoms with van der Waals surface area (Å²) < 4.78 is 21.0. The minimum Gasteiger partial charge on any atom is -0.374 e. The molecule has 0 aromatic heterocycles. The maximum Gasteiger partial charge on any atom is 0.128 e. The minimum absolute atomic E-state index is 0.0371. The van der Waals surface area contributed by atoms with E-state index < -0.39 is 0 Å². The second-order valence-electron chi connectivity index (χ2n) is 5.70. The van der Waals surface area contributed by atoms with Crippen molar-refractivity contribution in [2.75, 3.05) is 26.2 Å². The molecular formula is C16H24BrFN2O. The molecule has 118 valence electrons. The smallest absolute Gasteiger partial charge is 0.128 e. The zero-order chi connectivity index (χ0) is 15.4. The zero-order valence-electron chi connectivity index (χ0n) is 12.9. The summed E-state index contributed by atoms with van der Waals surface area (Å²) in [4.78, 5) is 2.38. The highest BCUT2D eigenvalue weighted by molar-refractivity contribution is 9.10. The molecule has 0 bridgehead atoms. The number of halogens is 2. The van der Waals surface area contributed by atoms with Crippen LogP contribution in [0.2, 0.25) is 0 Å². The van der Waals surface area contributed by atoms with Crippen LogP contribution >= 0.6 is 15.9 Å². The molecule has 21 heavy (non-hydrogen) atoms. The molecule has 0 radical (unpaired) electrons. The van der Waals surface area contributed by atoms with Gasteiger partial charge < -0.3 is 10.1 Å². The van der Waals surface area contributed by atoms with Crippen LogP contribution in [-0.4, -0.2) is 43.3 Å². The van der Waals surface area contributed by atoms with Gasteiger partial charge in [0.2, 0.25) is 0 Å². The number of likely N-dealkylation sites (N-methyl/N-ethyl adjacent to an activating group) is 1. The lowest BCUT2D eigenvalue weighted by Gasteiger charge is -2.39. The van der Waals surface area contributed by atoms with E-state index in [1.165, 1.54) is 6.07 Å². The molecule has 1 aliphatic rings. The van der Waals surface area contributed by atoms with Crippen molar-refractivity contribution < 1.29 is 9.13 Å². The molecule has 1 aliphatic heterocycles. The Bertz CT molecular complexity index is 470. The third kappa shape index (κ3) is 4.25. The first kappa shape index (κ1) is 16.9. The Morgan fingerprint density at radius 2 is 2.24 bits per heavy atom. The molecule has 0 aliphatic carbocycles. The average Bonchev–Trinajstić information content (AvgIpc) is 2.47. The Kier molecular flexibility index (Phi) is 6.17. The molecule has 0 spiro atoms. The lowest BCUT2D eigenvalue weighted by molar-refractivity contribution is -0.0563. The van der Waals surface area contributed by atoms with E-state index in [1.54, 1.807) is 6.07 Å². The van der Waals surface area contributed by atoms with Crippen LogP contribution in [0.25, 0.3) is 0 Å². The van der Waals surface area contributed by atoms with E-state index in [0.717, 1.165) is 24.1 Å². The van der Waals surface area contributed by atoms with Crippen LogP contribution in [0.5, 0.6) is 0 Å². The number of hydrogen-bond donors (Lipinski definition) is 1. The largest absolute Gasteiger partial charge is 0.374 e. The highest BCUT2D eigenvalue weighted by Crippen LogP contribution is 2.27. The Hall–Kier alpha value is -0.490. The van der Waals surface area contributed by atoms with Crippen molar-refractivity contribution in [1.29, 1.82) is 0 Å². The summed E-state index contributed by atoms with van der Waals surface area (Å²) in [7, 11) is 0. The Labute approximate surface area is 135 Å². The van der Waals surface area contributed by atoms with Gasteiger partial charge in [-0.15, -0.1) is 0 Å². The molecule has 2 rings (SSSR count). The van der Waals surface area contributed by atoms with Gasteiger partial charge in [-0.25, -0.2) is 4.39 Å². The summed E-state index contributed by atoms with van der Waals surface area (Å²) >= 11 is 3.43. The Morgan fingerprint density at radius 1 is 1.48 bits per heavy atom. The molecular weight excluding hydrogens is 335 g/mol. The maximum absolute atomic E-state index is 14.2. The van der Waals surface area contributed by atoms with Gasteiger partial charge in [-0.2, -0.15) is 0 Å². The number of morpholine rings is 1. The van der Waals surface area contributed by atoms with E-state index in [9.17, 15) is 4.39 Å². The minimum atomic E-state index is -0.186. The zero-order valence-corrected chi connectivity index (χ0v) is 14.5. The molecule has 3 nitrogen and oxygen atoms in total. The summed E-state index contributed by atoms with van der Waals surface area (Å²) in [5.74, 6) is -0.186. The normalized spacial score (nSPS) is 21.7. The summed E-state index contributed by atoms with van der Waals surface area (Å²) in [6.45, 7) is 9.63. The van der Waals surface area contributed by atoms with Gasteiger partial charge in [0.05, 0.1) is 18.8 Å². The van der Waals surface area contributed by atoms with Crippen LogP contribution in [0, 0.1) is 5.82 Å². The van der Waals surface area contributed by atoms with Crippen molar-refractivity contribution in [3.63, 3.8) is 0 Å². The molecule has 2 atom stereocenters. The highest BCUT2D eigenvalue weighted by atomic mass is 79.9. The topological polar surface area (TPSA) is 24.5 Å². The molecule has 1 saturated heterocycles. The van der Waals surface area contributed by atoms with E-state index in [1.807, 2.05) is 13.0 Å². The summed E-state index contributed by atoms with van der Waals surface area (Å²) in [5, 5.41) is 3.38. The summed E-state index contributed by atoms with van der Waals surface area (Å²) in [6.07, 6.45) is -0.0371. The first-order valence-electron chi connectivity index (χ1n) is 7.57. The SMILES string of the molecule is CCNC(c1cc(Br)ccc1F)C1CN(C(C)C)CCO1. The van der Waals surface area contributed by atoms with Crippen molar-refractivity contribution in [3.05, 3.63) is 34.1 Å². The van der Waals surface area contributed by atoms with Crippen LogP contribution in [0.3, 0.4) is 0 Å². The van der Waals surface area contributed by atoms with Crippen LogP contribution in [0.1, 0.15) is 32.4 Å². The van der Waals surface area contributed by atoms with Crippen molar-refractivity contribution in [2.24, 2.45) is 0 Å². The maximum atomic E-state index is 14.2. The standard InChI is InChI=1S/C16H24BrFN2O/c1-4-19-16(13-9-12(17)5-6-14(13)18)15-10-20(11(2)3)7-8-21-15/h5-6,9,11,15-16,19H,4,7-8,10H2,1-3H3. The predicted molar refractivity (Wildman–Crippen MR) is 87.0 cm³/mol. The fourth-order valence-corrected chi connectivity index (χ4v) is 3.16. The quantitative estimate of drug-likeness (QED) is 0.873. The molecule has 1 aromatic rings. The summed E-state index contributed by atoms with van der Waals surface area (Å²) in [6, 6.07) is 5.43. The highest BCUT2D eigenvalue weighted by Gasteiger charge is 2.31. The molecule has 0 saturated carbocycles. The number of ether oxygens (including phenoxy) is 1. The predicted octanol–water partition coefficient (Wildman–Crippen LogP) is 3.35. The number of nitrogens with zero attached hydrogens (tertiary/aromatic N) is 1. The number of rotatable bonds is 5. The Morgan fingerprint density at radius 3 is 2.90 bits per heavy atom. The van der Waals surface area contributed by atoms with E-state index >= 15 is 0 Å². The molecule has 2 unspecified atom stereocenters. The monoisotopic (exact) mass is 358 g/mol. The van der Waals surface area contributed by atoms with E-state index in [0.29, 0.717) is 18.2 Å². The van der Waals surface area contributed by atoms with Gasteiger partial charge in [0.1, 0.15) is 5.82 Å². The molecule has 1 aromatic carbocycles. The van der Waals surface area contributed by atoms with Crippen molar-refractivity contribution in [3.8, 4) is 0 Å². The van der Waals surface area contributed by atoms with Gasteiger partial charge in [0.15, 0.2) is 0 Å². The van der Waals surface area contributed by atoms with E-state index in [2.05, 4.69) is 40.0 Å². The first-order chi connectivity index (χ1) is 10.0. The first-order valence-corrected chi connectivity index (χ1v) is 8.36. The number of nitrogens with one attached hydrogen (secondary N) is 1. The van der Waals surface area contributed by atoms with Crippen LogP contribution < -0.4 is 5.32 Å². The van der Waals surface area contributed by atoms with Crippen molar-refractivity contribution in [1.82, 2.24) is 10.2 Å². The molecule has 0 amide bonds. The van der Waals surface area contributed by atoms with Crippen molar-refractivity contribution >= 4 is 15.9 Å². The van der Waals surface area contributed by atoms with Crippen LogP contribution in [0.4, 0.5) is 4.39 Å². The van der Waals surface area contributed by atoms with Gasteiger partial charge in [-0.1, -0.05) is 22.9 Å². The lowest BCUT2D eigenvalue weighted by atomic mass is 9.99. The lowest BCUT2D eigenvalue weighted by Crippen LogP contribution is -2.50. The fraction of sp³-hybridized carbons (Fsp3) is 0.625. The van der Waals surface area contributed by atoms with Crippen LogP contribution in [-0.2, 0) is 4.74 Å². The second kappa shape index (κ2) is 7.68. The van der Waals surface area contributed by atoms with Gasteiger partial charge in [0.25, 0.3) is 0 Å².